The van der Waals surface area contributed by atoms with Gasteiger partial charge in [-0.1, -0.05) is 41.9 Å². The molecule has 0 saturated heterocycles. The fraction of sp³-hybridized carbons (Fsp3) is 0.176. The van der Waals surface area contributed by atoms with Gasteiger partial charge in [-0.2, -0.15) is 11.8 Å². The Labute approximate surface area is 139 Å². The van der Waals surface area contributed by atoms with E-state index in [0.29, 0.717) is 0 Å². The maximum absolute atomic E-state index is 5.98. The molecule has 0 heterocycles. The van der Waals surface area contributed by atoms with Crippen LogP contribution in [0.1, 0.15) is 11.1 Å². The number of hydrogen-bond acceptors (Lipinski definition) is 3. The summed E-state index contributed by atoms with van der Waals surface area (Å²) in [6.07, 6.45) is 3.91. The standard InChI is InChI=1S/C17H17ClOS2/c1-19-11-16(13-7-9-14(18)10-8-13)15-5-3-4-6-17(15)21-12-20-2/h3-11H,12H2,1-2H3/b16-11+. The molecule has 0 spiro atoms. The molecular weight excluding hydrogens is 320 g/mol. The third-order valence-electron chi connectivity index (χ3n) is 2.90. The molecule has 0 atom stereocenters. The van der Waals surface area contributed by atoms with Gasteiger partial charge < -0.3 is 4.74 Å². The monoisotopic (exact) mass is 336 g/mol. The van der Waals surface area contributed by atoms with Crippen LogP contribution in [-0.2, 0) is 4.74 Å². The summed E-state index contributed by atoms with van der Waals surface area (Å²) in [5.41, 5.74) is 3.34. The molecule has 2 aromatic rings. The molecule has 0 aliphatic rings. The highest BCUT2D eigenvalue weighted by Crippen LogP contribution is 2.33. The zero-order chi connectivity index (χ0) is 15.1. The van der Waals surface area contributed by atoms with Crippen molar-refractivity contribution < 1.29 is 4.74 Å². The Morgan fingerprint density at radius 2 is 1.86 bits per heavy atom. The van der Waals surface area contributed by atoms with Crippen molar-refractivity contribution in [1.82, 2.24) is 0 Å². The van der Waals surface area contributed by atoms with Crippen molar-refractivity contribution in [3.05, 3.63) is 70.9 Å². The van der Waals surface area contributed by atoms with Crippen LogP contribution < -0.4 is 0 Å². The van der Waals surface area contributed by atoms with E-state index in [1.807, 2.05) is 47.8 Å². The topological polar surface area (TPSA) is 9.23 Å². The molecule has 0 N–H and O–H groups in total. The zero-order valence-corrected chi connectivity index (χ0v) is 14.4. The quantitative estimate of drug-likeness (QED) is 0.375. The number of ether oxygens (including phenoxy) is 1. The van der Waals surface area contributed by atoms with Crippen molar-refractivity contribution in [2.75, 3.05) is 18.5 Å². The van der Waals surface area contributed by atoms with Crippen molar-refractivity contribution in [2.45, 2.75) is 4.90 Å². The number of rotatable bonds is 6. The maximum Gasteiger partial charge on any atom is 0.0909 e. The highest BCUT2D eigenvalue weighted by molar-refractivity contribution is 8.15. The minimum Gasteiger partial charge on any atom is -0.504 e. The van der Waals surface area contributed by atoms with Crippen LogP contribution in [0.2, 0.25) is 5.02 Å². The fourth-order valence-corrected chi connectivity index (χ4v) is 3.59. The van der Waals surface area contributed by atoms with E-state index >= 15 is 0 Å². The van der Waals surface area contributed by atoms with Gasteiger partial charge in [-0.3, -0.25) is 0 Å². The summed E-state index contributed by atoms with van der Waals surface area (Å²) in [5.74, 6) is 0. The Bertz CT molecular complexity index is 608. The first-order chi connectivity index (χ1) is 10.3. The molecule has 0 saturated carbocycles. The summed E-state index contributed by atoms with van der Waals surface area (Å²) >= 11 is 9.64. The molecule has 21 heavy (non-hydrogen) atoms. The normalized spacial score (nSPS) is 11.5. The van der Waals surface area contributed by atoms with E-state index in [0.717, 1.165) is 21.2 Å². The van der Waals surface area contributed by atoms with Gasteiger partial charge in [0.05, 0.1) is 13.4 Å². The van der Waals surface area contributed by atoms with E-state index in [-0.39, 0.29) is 0 Å². The van der Waals surface area contributed by atoms with Gasteiger partial charge in [-0.15, -0.1) is 11.8 Å². The number of halogens is 1. The first kappa shape index (κ1) is 16.3. The minimum absolute atomic E-state index is 0.737. The van der Waals surface area contributed by atoms with Crippen LogP contribution in [0, 0.1) is 0 Å². The van der Waals surface area contributed by atoms with Crippen molar-refractivity contribution in [2.24, 2.45) is 0 Å². The summed E-state index contributed by atoms with van der Waals surface area (Å²) in [6.45, 7) is 0. The van der Waals surface area contributed by atoms with Crippen LogP contribution in [0.15, 0.2) is 59.7 Å². The van der Waals surface area contributed by atoms with Crippen LogP contribution >= 0.6 is 35.1 Å². The molecule has 0 aromatic heterocycles. The van der Waals surface area contributed by atoms with Gasteiger partial charge in [0.15, 0.2) is 0 Å². The average molecular weight is 337 g/mol. The molecule has 0 bridgehead atoms. The second-order valence-electron chi connectivity index (χ2n) is 4.32. The summed E-state index contributed by atoms with van der Waals surface area (Å²) < 4.78 is 5.29. The third-order valence-corrected chi connectivity index (χ3v) is 5.23. The van der Waals surface area contributed by atoms with Crippen molar-refractivity contribution in [3.63, 3.8) is 0 Å². The highest BCUT2D eigenvalue weighted by atomic mass is 35.5. The highest BCUT2D eigenvalue weighted by Gasteiger charge is 2.10. The lowest BCUT2D eigenvalue weighted by Gasteiger charge is -2.13. The van der Waals surface area contributed by atoms with Gasteiger partial charge in [-0.25, -0.2) is 0 Å². The first-order valence-corrected chi connectivity index (χ1v) is 9.22. The lowest BCUT2D eigenvalue weighted by atomic mass is 9.99. The van der Waals surface area contributed by atoms with E-state index in [4.69, 9.17) is 16.3 Å². The molecule has 0 amide bonds. The molecular formula is C17H17ClOS2. The molecule has 110 valence electrons. The third kappa shape index (κ3) is 4.47. The molecule has 0 fully saturated rings. The Morgan fingerprint density at radius 1 is 1.14 bits per heavy atom. The van der Waals surface area contributed by atoms with Gasteiger partial charge in [0.1, 0.15) is 0 Å². The molecule has 0 radical (unpaired) electrons. The van der Waals surface area contributed by atoms with Crippen LogP contribution in [0.3, 0.4) is 0 Å². The molecule has 2 rings (SSSR count). The average Bonchev–Trinajstić information content (AvgIpc) is 2.52. The van der Waals surface area contributed by atoms with Crippen LogP contribution in [0.5, 0.6) is 0 Å². The van der Waals surface area contributed by atoms with Crippen LogP contribution in [0.25, 0.3) is 5.57 Å². The van der Waals surface area contributed by atoms with Crippen LogP contribution in [0.4, 0.5) is 0 Å². The fourth-order valence-electron chi connectivity index (χ4n) is 1.97. The summed E-state index contributed by atoms with van der Waals surface area (Å²) in [6, 6.07) is 16.2. The van der Waals surface area contributed by atoms with Crippen LogP contribution in [-0.4, -0.2) is 18.5 Å². The second kappa shape index (κ2) is 8.42. The lowest BCUT2D eigenvalue weighted by Crippen LogP contribution is -1.92. The molecule has 0 unspecified atom stereocenters. The Morgan fingerprint density at radius 3 is 2.52 bits per heavy atom. The largest absolute Gasteiger partial charge is 0.504 e. The van der Waals surface area contributed by atoms with Crippen molar-refractivity contribution in [1.29, 1.82) is 0 Å². The van der Waals surface area contributed by atoms with E-state index < -0.39 is 0 Å². The smallest absolute Gasteiger partial charge is 0.0909 e. The van der Waals surface area contributed by atoms with Gasteiger partial charge in [0.2, 0.25) is 0 Å². The van der Waals surface area contributed by atoms with E-state index in [9.17, 15) is 0 Å². The predicted molar refractivity (Wildman–Crippen MR) is 96.2 cm³/mol. The Kier molecular flexibility index (Phi) is 6.55. The molecule has 2 aromatic carbocycles. The molecule has 1 nitrogen and oxygen atoms in total. The SMILES string of the molecule is CO/C=C(\c1ccc(Cl)cc1)c1ccccc1SCSC. The van der Waals surface area contributed by atoms with Crippen molar-refractivity contribution >= 4 is 40.7 Å². The Balaban J connectivity index is 2.43. The minimum atomic E-state index is 0.737. The van der Waals surface area contributed by atoms with Gasteiger partial charge >= 0.3 is 0 Å². The lowest BCUT2D eigenvalue weighted by molar-refractivity contribution is 0.340. The van der Waals surface area contributed by atoms with Gasteiger partial charge in [0, 0.05) is 20.6 Å². The van der Waals surface area contributed by atoms with Gasteiger partial charge in [0.25, 0.3) is 0 Å². The molecule has 0 aliphatic heterocycles. The molecule has 4 heteroatoms. The maximum atomic E-state index is 5.98. The van der Waals surface area contributed by atoms with E-state index in [1.165, 1.54) is 10.5 Å². The Hall–Kier alpha value is -1.03. The predicted octanol–water partition coefficient (Wildman–Crippen LogP) is 5.79. The number of benzene rings is 2. The molecule has 0 aliphatic carbocycles. The number of methoxy groups -OCH3 is 1. The first-order valence-electron chi connectivity index (χ1n) is 6.46. The van der Waals surface area contributed by atoms with Gasteiger partial charge in [-0.05, 0) is 35.6 Å². The van der Waals surface area contributed by atoms with E-state index in [2.05, 4.69) is 30.5 Å². The van der Waals surface area contributed by atoms with Crippen molar-refractivity contribution in [3.8, 4) is 0 Å². The number of hydrogen-bond donors (Lipinski definition) is 0. The summed E-state index contributed by atoms with van der Waals surface area (Å²) in [7, 11) is 1.67. The summed E-state index contributed by atoms with van der Waals surface area (Å²) in [5, 5.41) is 1.76. The summed E-state index contributed by atoms with van der Waals surface area (Å²) in [4.78, 5) is 1.25. The number of thioether (sulfide) groups is 2. The second-order valence-corrected chi connectivity index (χ2v) is 7.01. The zero-order valence-electron chi connectivity index (χ0n) is 12.0. The van der Waals surface area contributed by atoms with E-state index in [1.54, 1.807) is 13.4 Å².